The van der Waals surface area contributed by atoms with Crippen molar-refractivity contribution in [1.82, 2.24) is 19.8 Å². The molecular weight excluding hydrogens is 324 g/mol. The largest absolute Gasteiger partial charge is 0.362 e. The first-order chi connectivity index (χ1) is 11.1. The van der Waals surface area contributed by atoms with Crippen LogP contribution in [0.25, 0.3) is 5.65 Å². The highest BCUT2D eigenvalue weighted by Crippen LogP contribution is 2.24. The second-order valence-corrected chi connectivity index (χ2v) is 5.44. The van der Waals surface area contributed by atoms with Gasteiger partial charge in [-0.2, -0.15) is 4.52 Å². The van der Waals surface area contributed by atoms with Gasteiger partial charge in [0.15, 0.2) is 5.65 Å². The lowest BCUT2D eigenvalue weighted by Gasteiger charge is -2.18. The average Bonchev–Trinajstić information content (AvgIpc) is 2.96. The number of hydrogen-bond donors (Lipinski definition) is 1. The zero-order valence-corrected chi connectivity index (χ0v) is 13.0. The summed E-state index contributed by atoms with van der Waals surface area (Å²) in [5.41, 5.74) is 1.28. The van der Waals surface area contributed by atoms with Gasteiger partial charge in [0, 0.05) is 5.02 Å². The first-order valence-electron chi connectivity index (χ1n) is 7.11. The molecule has 120 valence electrons. The van der Waals surface area contributed by atoms with E-state index in [1.165, 1.54) is 0 Å². The average molecular weight is 338 g/mol. The van der Waals surface area contributed by atoms with Crippen molar-refractivity contribution in [1.29, 1.82) is 0 Å². The molecule has 5 nitrogen and oxygen atoms in total. The number of anilines is 1. The van der Waals surface area contributed by atoms with Gasteiger partial charge in [0.2, 0.25) is 5.82 Å². The van der Waals surface area contributed by atoms with Gasteiger partial charge in [-0.3, -0.25) is 0 Å². The summed E-state index contributed by atoms with van der Waals surface area (Å²) in [4.78, 5) is 0. The molecule has 1 unspecified atom stereocenters. The molecule has 1 aromatic carbocycles. The monoisotopic (exact) mass is 337 g/mol. The number of alkyl halides is 2. The number of nitrogens with zero attached hydrogens (tertiary/aromatic N) is 4. The quantitative estimate of drug-likeness (QED) is 0.755. The molecule has 3 rings (SSSR count). The standard InChI is InChI=1S/C15H14ClF2N5/c1-2-11(9-4-3-5-10(16)8-9)19-12-6-7-13-20-21-15(14(17)18)23(13)22-12/h3-8,11,14H,2H2,1H3,(H,19,22). The Bertz CT molecular complexity index is 820. The molecule has 1 N–H and O–H groups in total. The summed E-state index contributed by atoms with van der Waals surface area (Å²) >= 11 is 6.02. The normalized spacial score (nSPS) is 12.7. The zero-order valence-electron chi connectivity index (χ0n) is 12.2. The van der Waals surface area contributed by atoms with Crippen molar-refractivity contribution in [2.75, 3.05) is 5.32 Å². The van der Waals surface area contributed by atoms with E-state index >= 15 is 0 Å². The highest BCUT2D eigenvalue weighted by atomic mass is 35.5. The van der Waals surface area contributed by atoms with Crippen molar-refractivity contribution in [3.8, 4) is 0 Å². The Hall–Kier alpha value is -2.28. The van der Waals surface area contributed by atoms with Gasteiger partial charge in [0.1, 0.15) is 5.82 Å². The highest BCUT2D eigenvalue weighted by molar-refractivity contribution is 6.30. The van der Waals surface area contributed by atoms with E-state index in [2.05, 4.69) is 20.6 Å². The predicted octanol–water partition coefficient (Wildman–Crippen LogP) is 4.28. The lowest BCUT2D eigenvalue weighted by Crippen LogP contribution is -2.12. The smallest absolute Gasteiger partial charge is 0.299 e. The molecule has 2 heterocycles. The van der Waals surface area contributed by atoms with E-state index in [1.807, 2.05) is 25.1 Å². The molecule has 0 bridgehead atoms. The van der Waals surface area contributed by atoms with Gasteiger partial charge in [-0.25, -0.2) is 8.78 Å². The number of hydrogen-bond acceptors (Lipinski definition) is 4. The van der Waals surface area contributed by atoms with Crippen molar-refractivity contribution in [3.05, 3.63) is 52.8 Å². The predicted molar refractivity (Wildman–Crippen MR) is 83.8 cm³/mol. The van der Waals surface area contributed by atoms with Gasteiger partial charge in [-0.1, -0.05) is 30.7 Å². The second-order valence-electron chi connectivity index (χ2n) is 5.01. The van der Waals surface area contributed by atoms with Crippen molar-refractivity contribution in [2.24, 2.45) is 0 Å². The third kappa shape index (κ3) is 3.24. The Morgan fingerprint density at radius 3 is 2.74 bits per heavy atom. The first kappa shape index (κ1) is 15.6. The third-order valence-corrected chi connectivity index (χ3v) is 3.70. The Kier molecular flexibility index (Phi) is 4.38. The van der Waals surface area contributed by atoms with Crippen LogP contribution < -0.4 is 5.32 Å². The molecule has 0 aliphatic heterocycles. The van der Waals surface area contributed by atoms with Crippen LogP contribution in [0.2, 0.25) is 5.02 Å². The minimum Gasteiger partial charge on any atom is -0.362 e. The van der Waals surface area contributed by atoms with Gasteiger partial charge in [0.05, 0.1) is 6.04 Å². The first-order valence-corrected chi connectivity index (χ1v) is 7.48. The molecule has 1 atom stereocenters. The van der Waals surface area contributed by atoms with Crippen LogP contribution in [0.3, 0.4) is 0 Å². The van der Waals surface area contributed by atoms with Crippen LogP contribution in [-0.2, 0) is 0 Å². The summed E-state index contributed by atoms with van der Waals surface area (Å²) in [6, 6.07) is 10.7. The minimum atomic E-state index is -2.73. The van der Waals surface area contributed by atoms with Gasteiger partial charge < -0.3 is 5.32 Å². The lowest BCUT2D eigenvalue weighted by molar-refractivity contribution is 0.137. The fourth-order valence-electron chi connectivity index (χ4n) is 2.34. The topological polar surface area (TPSA) is 55.1 Å². The van der Waals surface area contributed by atoms with Crippen LogP contribution in [0.5, 0.6) is 0 Å². The van der Waals surface area contributed by atoms with Gasteiger partial charge >= 0.3 is 0 Å². The van der Waals surface area contributed by atoms with Crippen molar-refractivity contribution in [3.63, 3.8) is 0 Å². The molecule has 0 saturated carbocycles. The van der Waals surface area contributed by atoms with Crippen LogP contribution in [0, 0.1) is 0 Å². The number of fused-ring (bicyclic) bond motifs is 1. The van der Waals surface area contributed by atoms with E-state index in [-0.39, 0.29) is 11.7 Å². The molecule has 0 saturated heterocycles. The van der Waals surface area contributed by atoms with Crippen molar-refractivity contribution in [2.45, 2.75) is 25.8 Å². The molecule has 2 aromatic heterocycles. The summed E-state index contributed by atoms with van der Waals surface area (Å²) in [6.45, 7) is 2.01. The molecule has 0 amide bonds. The molecule has 0 radical (unpaired) electrons. The van der Waals surface area contributed by atoms with E-state index in [0.29, 0.717) is 10.8 Å². The van der Waals surface area contributed by atoms with E-state index in [0.717, 1.165) is 16.5 Å². The van der Waals surface area contributed by atoms with E-state index in [9.17, 15) is 8.78 Å². The van der Waals surface area contributed by atoms with Crippen LogP contribution in [0.15, 0.2) is 36.4 Å². The fraction of sp³-hybridized carbons (Fsp3) is 0.267. The lowest BCUT2D eigenvalue weighted by atomic mass is 10.0. The summed E-state index contributed by atoms with van der Waals surface area (Å²) in [7, 11) is 0. The Morgan fingerprint density at radius 2 is 2.04 bits per heavy atom. The maximum Gasteiger partial charge on any atom is 0.299 e. The summed E-state index contributed by atoms with van der Waals surface area (Å²) < 4.78 is 26.9. The van der Waals surface area contributed by atoms with E-state index in [1.54, 1.807) is 18.2 Å². The maximum atomic E-state index is 12.9. The van der Waals surface area contributed by atoms with Crippen molar-refractivity contribution < 1.29 is 8.78 Å². The summed E-state index contributed by atoms with van der Waals surface area (Å²) in [6.07, 6.45) is -1.95. The molecule has 3 aromatic rings. The maximum absolute atomic E-state index is 12.9. The Labute approximate surface area is 136 Å². The molecule has 8 heteroatoms. The highest BCUT2D eigenvalue weighted by Gasteiger charge is 2.18. The Balaban J connectivity index is 1.91. The molecule has 0 spiro atoms. The second kappa shape index (κ2) is 6.45. The SMILES string of the molecule is CCC(Nc1ccc2nnc(C(F)F)n2n1)c1cccc(Cl)c1. The molecule has 0 aliphatic rings. The van der Waals surface area contributed by atoms with Crippen LogP contribution in [-0.4, -0.2) is 19.8 Å². The summed E-state index contributed by atoms with van der Waals surface area (Å²) in [5, 5.41) is 15.2. The molecule has 0 aliphatic carbocycles. The third-order valence-electron chi connectivity index (χ3n) is 3.46. The van der Waals surface area contributed by atoms with Crippen LogP contribution in [0.4, 0.5) is 14.6 Å². The number of benzene rings is 1. The van der Waals surface area contributed by atoms with Gasteiger partial charge in [-0.15, -0.1) is 15.3 Å². The summed E-state index contributed by atoms with van der Waals surface area (Å²) in [5.74, 6) is -0.00882. The number of rotatable bonds is 5. The van der Waals surface area contributed by atoms with Crippen LogP contribution in [0.1, 0.15) is 37.2 Å². The zero-order chi connectivity index (χ0) is 16.4. The van der Waals surface area contributed by atoms with Gasteiger partial charge in [0.25, 0.3) is 6.43 Å². The minimum absolute atomic E-state index is 0.0369. The molecular formula is C15H14ClF2N5. The molecule has 0 fully saturated rings. The van der Waals surface area contributed by atoms with Crippen LogP contribution >= 0.6 is 11.6 Å². The van der Waals surface area contributed by atoms with E-state index in [4.69, 9.17) is 11.6 Å². The molecule has 23 heavy (non-hydrogen) atoms. The number of halogens is 3. The fourth-order valence-corrected chi connectivity index (χ4v) is 2.54. The van der Waals surface area contributed by atoms with Crippen molar-refractivity contribution >= 4 is 23.1 Å². The Morgan fingerprint density at radius 1 is 1.22 bits per heavy atom. The van der Waals surface area contributed by atoms with E-state index < -0.39 is 12.2 Å². The number of nitrogens with one attached hydrogen (secondary N) is 1. The number of aromatic nitrogens is 4. The van der Waals surface area contributed by atoms with Gasteiger partial charge in [-0.05, 0) is 36.2 Å².